The summed E-state index contributed by atoms with van der Waals surface area (Å²) in [5.74, 6) is 0.426. The maximum Gasteiger partial charge on any atom is 0.332 e. The highest BCUT2D eigenvalue weighted by Crippen LogP contribution is 2.19. The van der Waals surface area contributed by atoms with Crippen LogP contribution in [0.25, 0.3) is 0 Å². The summed E-state index contributed by atoms with van der Waals surface area (Å²) in [6.07, 6.45) is 5.02. The van der Waals surface area contributed by atoms with Crippen LogP contribution in [0, 0.1) is 18.2 Å². The van der Waals surface area contributed by atoms with Gasteiger partial charge < -0.3 is 15.4 Å². The standard InChI is InChI=1S/C15H17FN2O3/c1-5-8-21-14(20)15(2,3)18-10-6-7-11(12(16)9-10)13(19)17-4/h1,6-7,9,18H,8H2,2-4H3,(H,17,19). The molecule has 0 spiro atoms. The maximum atomic E-state index is 13.8. The minimum atomic E-state index is -1.09. The van der Waals surface area contributed by atoms with Crippen LogP contribution in [-0.2, 0) is 9.53 Å². The topological polar surface area (TPSA) is 67.4 Å². The number of halogens is 1. The molecule has 1 aromatic rings. The lowest BCUT2D eigenvalue weighted by Crippen LogP contribution is -2.41. The van der Waals surface area contributed by atoms with Crippen molar-refractivity contribution in [1.29, 1.82) is 0 Å². The molecule has 0 aliphatic heterocycles. The Morgan fingerprint density at radius 1 is 1.43 bits per heavy atom. The monoisotopic (exact) mass is 292 g/mol. The largest absolute Gasteiger partial charge is 0.451 e. The lowest BCUT2D eigenvalue weighted by Gasteiger charge is -2.25. The highest BCUT2D eigenvalue weighted by molar-refractivity contribution is 5.94. The Morgan fingerprint density at radius 2 is 2.10 bits per heavy atom. The molecule has 112 valence electrons. The molecule has 0 atom stereocenters. The molecule has 0 saturated heterocycles. The Bertz CT molecular complexity index is 591. The first-order chi connectivity index (χ1) is 9.81. The summed E-state index contributed by atoms with van der Waals surface area (Å²) in [4.78, 5) is 23.2. The number of terminal acetylenes is 1. The lowest BCUT2D eigenvalue weighted by molar-refractivity contribution is -0.146. The molecule has 1 amide bonds. The van der Waals surface area contributed by atoms with Crippen LogP contribution in [0.3, 0.4) is 0 Å². The number of benzene rings is 1. The van der Waals surface area contributed by atoms with Gasteiger partial charge in [0.05, 0.1) is 5.56 Å². The van der Waals surface area contributed by atoms with Gasteiger partial charge in [-0.2, -0.15) is 0 Å². The van der Waals surface area contributed by atoms with E-state index in [0.717, 1.165) is 6.07 Å². The highest BCUT2D eigenvalue weighted by Gasteiger charge is 2.29. The van der Waals surface area contributed by atoms with E-state index in [1.165, 1.54) is 19.2 Å². The van der Waals surface area contributed by atoms with E-state index < -0.39 is 23.2 Å². The molecule has 0 unspecified atom stereocenters. The van der Waals surface area contributed by atoms with Gasteiger partial charge in [-0.15, -0.1) is 6.42 Å². The van der Waals surface area contributed by atoms with Gasteiger partial charge in [0, 0.05) is 12.7 Å². The fourth-order valence-electron chi connectivity index (χ4n) is 1.61. The van der Waals surface area contributed by atoms with Crippen LogP contribution in [0.4, 0.5) is 10.1 Å². The lowest BCUT2D eigenvalue weighted by atomic mass is 10.0. The van der Waals surface area contributed by atoms with Crippen molar-refractivity contribution in [1.82, 2.24) is 5.32 Å². The summed E-state index contributed by atoms with van der Waals surface area (Å²) in [5.41, 5.74) is -0.809. The van der Waals surface area contributed by atoms with Gasteiger partial charge in [0.25, 0.3) is 5.91 Å². The average molecular weight is 292 g/mol. The van der Waals surface area contributed by atoms with Crippen molar-refractivity contribution in [3.8, 4) is 12.3 Å². The molecule has 0 aromatic heterocycles. The van der Waals surface area contributed by atoms with Crippen LogP contribution in [0.5, 0.6) is 0 Å². The Labute approximate surface area is 122 Å². The van der Waals surface area contributed by atoms with Crippen molar-refractivity contribution >= 4 is 17.6 Å². The second-order valence-electron chi connectivity index (χ2n) is 4.80. The second kappa shape index (κ2) is 6.75. The number of carbonyl (C=O) groups excluding carboxylic acids is 2. The number of hydrogen-bond donors (Lipinski definition) is 2. The van der Waals surface area contributed by atoms with Crippen LogP contribution in [0.15, 0.2) is 18.2 Å². The molecule has 1 aromatic carbocycles. The zero-order chi connectivity index (χ0) is 16.0. The van der Waals surface area contributed by atoms with E-state index in [2.05, 4.69) is 16.6 Å². The Hall–Kier alpha value is -2.55. The minimum Gasteiger partial charge on any atom is -0.451 e. The summed E-state index contributed by atoms with van der Waals surface area (Å²) in [6.45, 7) is 3.03. The van der Waals surface area contributed by atoms with Crippen LogP contribution in [0.1, 0.15) is 24.2 Å². The van der Waals surface area contributed by atoms with Crippen LogP contribution in [-0.4, -0.2) is 31.1 Å². The summed E-state index contributed by atoms with van der Waals surface area (Å²) in [7, 11) is 1.42. The van der Waals surface area contributed by atoms with Crippen molar-refractivity contribution in [2.24, 2.45) is 0 Å². The third-order valence-corrected chi connectivity index (χ3v) is 2.69. The van der Waals surface area contributed by atoms with E-state index in [1.807, 2.05) is 0 Å². The van der Waals surface area contributed by atoms with E-state index in [-0.39, 0.29) is 12.2 Å². The third kappa shape index (κ3) is 4.21. The summed E-state index contributed by atoms with van der Waals surface area (Å²) >= 11 is 0. The molecule has 0 aliphatic rings. The van der Waals surface area contributed by atoms with E-state index >= 15 is 0 Å². The van der Waals surface area contributed by atoms with Crippen molar-refractivity contribution in [3.63, 3.8) is 0 Å². The van der Waals surface area contributed by atoms with Crippen molar-refractivity contribution in [3.05, 3.63) is 29.6 Å². The first-order valence-corrected chi connectivity index (χ1v) is 6.22. The number of amides is 1. The van der Waals surface area contributed by atoms with Crippen LogP contribution >= 0.6 is 0 Å². The fraction of sp³-hybridized carbons (Fsp3) is 0.333. The molecule has 21 heavy (non-hydrogen) atoms. The van der Waals surface area contributed by atoms with Crippen LogP contribution < -0.4 is 10.6 Å². The molecule has 1 rings (SSSR count). The van der Waals surface area contributed by atoms with Gasteiger partial charge in [-0.3, -0.25) is 4.79 Å². The first kappa shape index (κ1) is 16.5. The molecule has 5 nitrogen and oxygen atoms in total. The number of esters is 1. The summed E-state index contributed by atoms with van der Waals surface area (Å²) < 4.78 is 18.7. The predicted octanol–water partition coefficient (Wildman–Crippen LogP) is 1.55. The fourth-order valence-corrected chi connectivity index (χ4v) is 1.61. The molecule has 0 bridgehead atoms. The molecule has 0 saturated carbocycles. The maximum absolute atomic E-state index is 13.8. The normalized spacial score (nSPS) is 10.4. The zero-order valence-corrected chi connectivity index (χ0v) is 12.1. The zero-order valence-electron chi connectivity index (χ0n) is 12.1. The number of hydrogen-bond acceptors (Lipinski definition) is 4. The number of rotatable bonds is 5. The van der Waals surface area contributed by atoms with Gasteiger partial charge in [-0.05, 0) is 32.0 Å². The summed E-state index contributed by atoms with van der Waals surface area (Å²) in [6, 6.07) is 3.98. The van der Waals surface area contributed by atoms with Crippen LogP contribution in [0.2, 0.25) is 0 Å². The molecule has 0 radical (unpaired) electrons. The number of anilines is 1. The average Bonchev–Trinajstić information content (AvgIpc) is 2.43. The van der Waals surface area contributed by atoms with Crippen molar-refractivity contribution in [2.75, 3.05) is 19.0 Å². The van der Waals surface area contributed by atoms with E-state index in [1.54, 1.807) is 13.8 Å². The molecule has 0 fully saturated rings. The van der Waals surface area contributed by atoms with E-state index in [9.17, 15) is 14.0 Å². The Balaban J connectivity index is 2.88. The van der Waals surface area contributed by atoms with Gasteiger partial charge in [0.2, 0.25) is 0 Å². The number of ether oxygens (including phenoxy) is 1. The highest BCUT2D eigenvalue weighted by atomic mass is 19.1. The van der Waals surface area contributed by atoms with Gasteiger partial charge in [-0.1, -0.05) is 5.92 Å². The number of carbonyl (C=O) groups is 2. The molecule has 0 aliphatic carbocycles. The van der Waals surface area contributed by atoms with Crippen molar-refractivity contribution in [2.45, 2.75) is 19.4 Å². The van der Waals surface area contributed by atoms with Gasteiger partial charge in [-0.25, -0.2) is 9.18 Å². The Morgan fingerprint density at radius 3 is 2.62 bits per heavy atom. The quantitative estimate of drug-likeness (QED) is 0.638. The smallest absolute Gasteiger partial charge is 0.332 e. The molecule has 0 heterocycles. The molecule has 2 N–H and O–H groups in total. The second-order valence-corrected chi connectivity index (χ2v) is 4.80. The van der Waals surface area contributed by atoms with Gasteiger partial charge in [0.15, 0.2) is 6.61 Å². The van der Waals surface area contributed by atoms with E-state index in [0.29, 0.717) is 5.69 Å². The summed E-state index contributed by atoms with van der Waals surface area (Å²) in [5, 5.41) is 5.18. The van der Waals surface area contributed by atoms with E-state index in [4.69, 9.17) is 11.2 Å². The first-order valence-electron chi connectivity index (χ1n) is 6.22. The van der Waals surface area contributed by atoms with Gasteiger partial charge in [0.1, 0.15) is 11.4 Å². The third-order valence-electron chi connectivity index (χ3n) is 2.69. The van der Waals surface area contributed by atoms with Gasteiger partial charge >= 0.3 is 5.97 Å². The SMILES string of the molecule is C#CCOC(=O)C(C)(C)Nc1ccc(C(=O)NC)c(F)c1. The number of nitrogens with one attached hydrogen (secondary N) is 2. The van der Waals surface area contributed by atoms with Crippen molar-refractivity contribution < 1.29 is 18.7 Å². The molecular weight excluding hydrogens is 275 g/mol. The molecule has 6 heteroatoms. The minimum absolute atomic E-state index is 0.0734. The predicted molar refractivity (Wildman–Crippen MR) is 77.3 cm³/mol. The Kier molecular flexibility index (Phi) is 5.30. The molecular formula is C15H17FN2O3.